The quantitative estimate of drug-likeness (QED) is 0.595. The fraction of sp³-hybridized carbons (Fsp3) is 0.586. The number of aromatic nitrogens is 1. The number of carbonyl (C=O) groups is 1. The number of nitrogen functional groups attached to an aromatic ring is 1. The second-order valence-corrected chi connectivity index (χ2v) is 12.8. The average molecular weight is 489 g/mol. The van der Waals surface area contributed by atoms with E-state index in [1.165, 1.54) is 12.0 Å². The summed E-state index contributed by atoms with van der Waals surface area (Å²) in [5, 5.41) is 14.4. The highest BCUT2D eigenvalue weighted by Crippen LogP contribution is 2.57. The summed E-state index contributed by atoms with van der Waals surface area (Å²) in [6, 6.07) is 10.8. The van der Waals surface area contributed by atoms with E-state index in [2.05, 4.69) is 46.4 Å². The first-order valence-electron chi connectivity index (χ1n) is 13.5. The van der Waals surface area contributed by atoms with E-state index in [4.69, 9.17) is 10.5 Å². The van der Waals surface area contributed by atoms with E-state index < -0.39 is 5.60 Å². The number of pyridine rings is 1. The molecule has 3 heterocycles. The number of nitrogens with zero attached hydrogens (tertiary/aromatic N) is 2. The standard InChI is InChI=1S/C29H36N4O3/c1-18(33-14-27(15-33)16-36-17-27)21-2-4-22(5-3-21)23-7-24(25(30)31-12-23)26(34)32-28-8-19-6-20(9-28)11-29(35,10-19)13-28/h2-5,7,12,18-20,35H,6,8-11,13-17H2,1H3,(H2,30,31)(H,32,34)/t18-,19?,20?,28?,29?/m1/s1. The van der Waals surface area contributed by atoms with Crippen LogP contribution in [-0.2, 0) is 4.74 Å². The molecular weight excluding hydrogens is 452 g/mol. The maximum atomic E-state index is 13.5. The SMILES string of the molecule is C[C@H](c1ccc(-c2cnc(N)c(C(=O)NC34CC5CC(CC(O)(C5)C3)C4)c2)cc1)N1CC2(COC2)C1. The Hall–Kier alpha value is -2.48. The molecule has 4 N–H and O–H groups in total. The number of likely N-dealkylation sites (tertiary alicyclic amines) is 1. The van der Waals surface area contributed by atoms with Gasteiger partial charge >= 0.3 is 0 Å². The molecule has 7 heteroatoms. The van der Waals surface area contributed by atoms with Gasteiger partial charge in [0.15, 0.2) is 0 Å². The highest BCUT2D eigenvalue weighted by atomic mass is 16.5. The van der Waals surface area contributed by atoms with Gasteiger partial charge in [-0.2, -0.15) is 0 Å². The number of hydrogen-bond donors (Lipinski definition) is 3. The lowest BCUT2D eigenvalue weighted by Gasteiger charge is -2.60. The monoisotopic (exact) mass is 488 g/mol. The molecule has 2 unspecified atom stereocenters. The third kappa shape index (κ3) is 3.66. The van der Waals surface area contributed by atoms with E-state index in [1.54, 1.807) is 6.20 Å². The Morgan fingerprint density at radius 2 is 1.83 bits per heavy atom. The number of amides is 1. The molecule has 1 spiro atoms. The molecule has 1 aromatic heterocycles. The molecule has 2 aliphatic heterocycles. The second-order valence-electron chi connectivity index (χ2n) is 12.8. The van der Waals surface area contributed by atoms with Gasteiger partial charge in [0.05, 0.1) is 24.4 Å². The van der Waals surface area contributed by atoms with Crippen molar-refractivity contribution in [2.45, 2.75) is 62.6 Å². The fourth-order valence-corrected chi connectivity index (χ4v) is 8.31. The summed E-state index contributed by atoms with van der Waals surface area (Å²) in [5.74, 6) is 1.08. The van der Waals surface area contributed by atoms with Gasteiger partial charge in [-0.15, -0.1) is 0 Å². The summed E-state index contributed by atoms with van der Waals surface area (Å²) in [6.45, 7) is 6.28. The van der Waals surface area contributed by atoms with Crippen molar-refractivity contribution < 1.29 is 14.6 Å². The van der Waals surface area contributed by atoms with Crippen LogP contribution in [0, 0.1) is 17.3 Å². The van der Waals surface area contributed by atoms with Crippen LogP contribution in [0.25, 0.3) is 11.1 Å². The Kier molecular flexibility index (Phi) is 4.89. The highest BCUT2D eigenvalue weighted by molar-refractivity contribution is 6.00. The summed E-state index contributed by atoms with van der Waals surface area (Å²) in [6.07, 6.45) is 7.24. The van der Waals surface area contributed by atoms with Gasteiger partial charge in [-0.25, -0.2) is 4.98 Å². The molecule has 8 rings (SSSR count). The average Bonchev–Trinajstić information content (AvgIpc) is 2.75. The topological polar surface area (TPSA) is 101 Å². The molecule has 4 aliphatic carbocycles. The van der Waals surface area contributed by atoms with Gasteiger partial charge in [0.1, 0.15) is 5.82 Å². The van der Waals surface area contributed by atoms with Crippen LogP contribution in [0.5, 0.6) is 0 Å². The number of anilines is 1. The molecule has 6 fully saturated rings. The second kappa shape index (κ2) is 7.76. The van der Waals surface area contributed by atoms with Gasteiger partial charge in [0, 0.05) is 41.8 Å². The maximum absolute atomic E-state index is 13.5. The van der Waals surface area contributed by atoms with E-state index in [9.17, 15) is 9.90 Å². The van der Waals surface area contributed by atoms with Crippen molar-refractivity contribution in [1.82, 2.24) is 15.2 Å². The molecule has 2 saturated heterocycles. The van der Waals surface area contributed by atoms with Gasteiger partial charge in [-0.1, -0.05) is 24.3 Å². The number of rotatable bonds is 5. The molecule has 4 saturated carbocycles. The van der Waals surface area contributed by atoms with E-state index in [-0.39, 0.29) is 17.3 Å². The van der Waals surface area contributed by atoms with Crippen molar-refractivity contribution in [3.05, 3.63) is 47.7 Å². The zero-order valence-electron chi connectivity index (χ0n) is 21.0. The van der Waals surface area contributed by atoms with Gasteiger partial charge < -0.3 is 20.9 Å². The summed E-state index contributed by atoms with van der Waals surface area (Å²) in [5.41, 5.74) is 9.26. The lowest BCUT2D eigenvalue weighted by molar-refractivity contribution is -0.197. The third-order valence-electron chi connectivity index (χ3n) is 9.74. The zero-order chi connectivity index (χ0) is 24.7. The van der Waals surface area contributed by atoms with E-state index in [0.717, 1.165) is 63.1 Å². The minimum Gasteiger partial charge on any atom is -0.390 e. The minimum atomic E-state index is -0.621. The van der Waals surface area contributed by atoms with Crippen molar-refractivity contribution in [2.75, 3.05) is 32.0 Å². The first-order valence-corrected chi connectivity index (χ1v) is 13.5. The van der Waals surface area contributed by atoms with Gasteiger partial charge in [-0.05, 0) is 74.5 Å². The van der Waals surface area contributed by atoms with E-state index in [0.29, 0.717) is 35.3 Å². The van der Waals surface area contributed by atoms with Gasteiger partial charge in [0.25, 0.3) is 5.91 Å². The number of carbonyl (C=O) groups excluding carboxylic acids is 1. The lowest BCUT2D eigenvalue weighted by atomic mass is 9.51. The summed E-state index contributed by atoms with van der Waals surface area (Å²) >= 11 is 0. The first kappa shape index (κ1) is 22.7. The first-order chi connectivity index (χ1) is 17.2. The van der Waals surface area contributed by atoms with Crippen molar-refractivity contribution >= 4 is 11.7 Å². The predicted octanol–water partition coefficient (Wildman–Crippen LogP) is 3.54. The molecule has 1 aromatic carbocycles. The van der Waals surface area contributed by atoms with Crippen LogP contribution in [-0.4, -0.2) is 58.3 Å². The lowest BCUT2D eigenvalue weighted by Crippen LogP contribution is -2.66. The Balaban J connectivity index is 1.07. The van der Waals surface area contributed by atoms with Crippen LogP contribution in [0.2, 0.25) is 0 Å². The van der Waals surface area contributed by atoms with Crippen molar-refractivity contribution in [3.63, 3.8) is 0 Å². The van der Waals surface area contributed by atoms with Crippen LogP contribution in [0.4, 0.5) is 5.82 Å². The molecule has 0 radical (unpaired) electrons. The molecule has 4 bridgehead atoms. The maximum Gasteiger partial charge on any atom is 0.255 e. The number of hydrogen-bond acceptors (Lipinski definition) is 6. The minimum absolute atomic E-state index is 0.177. The molecule has 6 aliphatic rings. The van der Waals surface area contributed by atoms with Gasteiger partial charge in [-0.3, -0.25) is 9.69 Å². The van der Waals surface area contributed by atoms with Crippen LogP contribution in [0.1, 0.15) is 67.4 Å². The molecule has 2 aromatic rings. The summed E-state index contributed by atoms with van der Waals surface area (Å²) in [4.78, 5) is 20.3. The Morgan fingerprint density at radius 1 is 1.14 bits per heavy atom. The van der Waals surface area contributed by atoms with Crippen LogP contribution in [0.3, 0.4) is 0 Å². The van der Waals surface area contributed by atoms with Crippen molar-refractivity contribution in [1.29, 1.82) is 0 Å². The Morgan fingerprint density at radius 3 is 2.44 bits per heavy atom. The Labute approximate surface area is 212 Å². The predicted molar refractivity (Wildman–Crippen MR) is 137 cm³/mol. The number of nitrogens with one attached hydrogen (secondary N) is 1. The number of aliphatic hydroxyl groups is 1. The molecule has 190 valence electrons. The van der Waals surface area contributed by atoms with Gasteiger partial charge in [0.2, 0.25) is 0 Å². The van der Waals surface area contributed by atoms with Crippen molar-refractivity contribution in [3.8, 4) is 11.1 Å². The molecule has 36 heavy (non-hydrogen) atoms. The van der Waals surface area contributed by atoms with E-state index in [1.807, 2.05) is 6.07 Å². The van der Waals surface area contributed by atoms with Crippen LogP contribution >= 0.6 is 0 Å². The molecule has 3 atom stereocenters. The zero-order valence-corrected chi connectivity index (χ0v) is 21.0. The molecular formula is C29H36N4O3. The molecule has 1 amide bonds. The fourth-order valence-electron chi connectivity index (χ4n) is 8.31. The number of benzene rings is 1. The number of ether oxygens (including phenoxy) is 1. The Bertz CT molecular complexity index is 1190. The smallest absolute Gasteiger partial charge is 0.255 e. The van der Waals surface area contributed by atoms with Crippen LogP contribution in [0.15, 0.2) is 36.5 Å². The summed E-state index contributed by atoms with van der Waals surface area (Å²) in [7, 11) is 0. The number of nitrogens with two attached hydrogens (primary N) is 1. The molecule has 7 nitrogen and oxygen atoms in total. The summed E-state index contributed by atoms with van der Waals surface area (Å²) < 4.78 is 5.41. The normalized spacial score (nSPS) is 34.7. The third-order valence-corrected chi connectivity index (χ3v) is 9.74. The highest BCUT2D eigenvalue weighted by Gasteiger charge is 2.57. The van der Waals surface area contributed by atoms with Crippen molar-refractivity contribution in [2.24, 2.45) is 17.3 Å². The van der Waals surface area contributed by atoms with Crippen LogP contribution < -0.4 is 11.1 Å². The largest absolute Gasteiger partial charge is 0.390 e. The van der Waals surface area contributed by atoms with E-state index >= 15 is 0 Å².